The van der Waals surface area contributed by atoms with Gasteiger partial charge in [0.2, 0.25) is 5.95 Å². The first kappa shape index (κ1) is 19.0. The summed E-state index contributed by atoms with van der Waals surface area (Å²) in [4.78, 5) is 4.58. The van der Waals surface area contributed by atoms with Crippen LogP contribution in [0.5, 0.6) is 0 Å². The second-order valence-electron chi connectivity index (χ2n) is 5.46. The number of halogens is 3. The van der Waals surface area contributed by atoms with Crippen molar-refractivity contribution in [3.05, 3.63) is 70.1 Å². The number of hydrogen-bond acceptors (Lipinski definition) is 4. The average Bonchev–Trinajstić information content (AvgIpc) is 3.02. The van der Waals surface area contributed by atoms with Crippen molar-refractivity contribution >= 4 is 40.9 Å². The fourth-order valence-electron chi connectivity index (χ4n) is 2.38. The summed E-state index contributed by atoms with van der Waals surface area (Å²) < 4.78 is 15.8. The number of nitrogens with zero attached hydrogens (tertiary/aromatic N) is 2. The van der Waals surface area contributed by atoms with Gasteiger partial charge in [0.25, 0.3) is 0 Å². The van der Waals surface area contributed by atoms with Gasteiger partial charge in [0.05, 0.1) is 0 Å². The summed E-state index contributed by atoms with van der Waals surface area (Å²) in [5, 5.41) is 4.98. The van der Waals surface area contributed by atoms with Crippen LogP contribution in [0.1, 0.15) is 5.56 Å². The van der Waals surface area contributed by atoms with Crippen LogP contribution in [0.2, 0.25) is 10.0 Å². The van der Waals surface area contributed by atoms with Crippen molar-refractivity contribution in [2.75, 3.05) is 18.4 Å². The minimum Gasteiger partial charge on any atom is -0.354 e. The molecule has 0 atom stereocenters. The first-order chi connectivity index (χ1) is 12.6. The summed E-state index contributed by atoms with van der Waals surface area (Å²) in [6.45, 7) is 1.07. The summed E-state index contributed by atoms with van der Waals surface area (Å²) in [5.41, 5.74) is 6.92. The van der Waals surface area contributed by atoms with E-state index in [0.717, 1.165) is 10.7 Å². The molecule has 3 rings (SSSR count). The standard InChI is InChI=1S/C18H17Cl2FN4S/c19-12-3-1-4-13(9-12)25-10-17(24-18(25)23-8-7-22)26-11-14-15(20)5-2-6-16(14)21/h1-6,9-10H,7-8,11,22H2,(H,23,24). The van der Waals surface area contributed by atoms with Crippen molar-refractivity contribution in [2.45, 2.75) is 10.8 Å². The highest BCUT2D eigenvalue weighted by Crippen LogP contribution is 2.30. The Morgan fingerprint density at radius 2 is 2.00 bits per heavy atom. The van der Waals surface area contributed by atoms with Gasteiger partial charge in [-0.2, -0.15) is 0 Å². The molecule has 4 nitrogen and oxygen atoms in total. The number of rotatable bonds is 7. The van der Waals surface area contributed by atoms with E-state index in [1.165, 1.54) is 17.8 Å². The predicted octanol–water partition coefficient (Wildman–Crippen LogP) is 4.98. The normalized spacial score (nSPS) is 10.9. The molecular formula is C18H17Cl2FN4S. The third-order valence-electron chi connectivity index (χ3n) is 3.62. The second-order valence-corrected chi connectivity index (χ2v) is 7.30. The number of nitrogens with one attached hydrogen (secondary N) is 1. The predicted molar refractivity (Wildman–Crippen MR) is 107 cm³/mol. The van der Waals surface area contributed by atoms with Crippen LogP contribution < -0.4 is 11.1 Å². The van der Waals surface area contributed by atoms with Crippen LogP contribution in [0.15, 0.2) is 53.7 Å². The van der Waals surface area contributed by atoms with Gasteiger partial charge >= 0.3 is 0 Å². The summed E-state index contributed by atoms with van der Waals surface area (Å²) in [6.07, 6.45) is 1.88. The molecule has 0 fully saturated rings. The number of aromatic nitrogens is 2. The molecule has 136 valence electrons. The van der Waals surface area contributed by atoms with E-state index < -0.39 is 0 Å². The monoisotopic (exact) mass is 410 g/mol. The highest BCUT2D eigenvalue weighted by atomic mass is 35.5. The van der Waals surface area contributed by atoms with Crippen molar-refractivity contribution in [3.8, 4) is 5.69 Å². The Kier molecular flexibility index (Phi) is 6.43. The molecule has 0 aliphatic rings. The molecule has 0 amide bonds. The Morgan fingerprint density at radius 3 is 2.73 bits per heavy atom. The molecule has 1 aromatic heterocycles. The fourth-order valence-corrected chi connectivity index (χ4v) is 3.79. The van der Waals surface area contributed by atoms with Crippen LogP contribution in [-0.4, -0.2) is 22.6 Å². The molecule has 0 spiro atoms. The van der Waals surface area contributed by atoms with Crippen molar-refractivity contribution < 1.29 is 4.39 Å². The summed E-state index contributed by atoms with van der Waals surface area (Å²) in [6, 6.07) is 12.1. The van der Waals surface area contributed by atoms with Gasteiger partial charge in [0, 0.05) is 46.3 Å². The molecule has 0 unspecified atom stereocenters. The van der Waals surface area contributed by atoms with Crippen molar-refractivity contribution in [3.63, 3.8) is 0 Å². The van der Waals surface area contributed by atoms with Crippen LogP contribution >= 0.6 is 35.0 Å². The van der Waals surface area contributed by atoms with E-state index in [0.29, 0.717) is 40.4 Å². The van der Waals surface area contributed by atoms with Crippen molar-refractivity contribution in [1.29, 1.82) is 0 Å². The molecular weight excluding hydrogens is 394 g/mol. The van der Waals surface area contributed by atoms with Crippen LogP contribution in [0.3, 0.4) is 0 Å². The van der Waals surface area contributed by atoms with Gasteiger partial charge in [-0.05, 0) is 30.3 Å². The molecule has 0 bridgehead atoms. The third-order valence-corrected chi connectivity index (χ3v) is 5.14. The largest absolute Gasteiger partial charge is 0.354 e. The minimum atomic E-state index is -0.319. The quantitative estimate of drug-likeness (QED) is 0.539. The Morgan fingerprint density at radius 1 is 1.19 bits per heavy atom. The van der Waals surface area contributed by atoms with E-state index in [9.17, 15) is 4.39 Å². The van der Waals surface area contributed by atoms with E-state index in [4.69, 9.17) is 28.9 Å². The van der Waals surface area contributed by atoms with Gasteiger partial charge in [0.1, 0.15) is 10.8 Å². The van der Waals surface area contributed by atoms with Crippen LogP contribution in [0.4, 0.5) is 10.3 Å². The molecule has 0 saturated carbocycles. The number of hydrogen-bond donors (Lipinski definition) is 2. The molecule has 0 saturated heterocycles. The van der Waals surface area contributed by atoms with Crippen LogP contribution in [-0.2, 0) is 5.75 Å². The van der Waals surface area contributed by atoms with Crippen molar-refractivity contribution in [2.24, 2.45) is 5.73 Å². The zero-order valence-corrected chi connectivity index (χ0v) is 16.1. The lowest BCUT2D eigenvalue weighted by Gasteiger charge is -2.08. The molecule has 0 aliphatic heterocycles. The molecule has 3 N–H and O–H groups in total. The Bertz CT molecular complexity index is 880. The van der Waals surface area contributed by atoms with Gasteiger partial charge in [-0.1, -0.05) is 47.1 Å². The number of imidazole rings is 1. The summed E-state index contributed by atoms with van der Waals surface area (Å²) >= 11 is 13.6. The number of anilines is 1. The maximum absolute atomic E-state index is 13.9. The summed E-state index contributed by atoms with van der Waals surface area (Å²) in [5.74, 6) is 0.717. The Balaban J connectivity index is 1.86. The second kappa shape index (κ2) is 8.77. The van der Waals surface area contributed by atoms with Crippen LogP contribution in [0.25, 0.3) is 5.69 Å². The number of thioether (sulfide) groups is 1. The zero-order valence-electron chi connectivity index (χ0n) is 13.8. The molecule has 1 heterocycles. The summed E-state index contributed by atoms with van der Waals surface area (Å²) in [7, 11) is 0. The molecule has 3 aromatic rings. The van der Waals surface area contributed by atoms with E-state index in [2.05, 4.69) is 10.3 Å². The smallest absolute Gasteiger partial charge is 0.208 e. The molecule has 0 aliphatic carbocycles. The number of nitrogens with two attached hydrogens (primary N) is 1. The van der Waals surface area contributed by atoms with Crippen LogP contribution in [0, 0.1) is 5.82 Å². The lowest BCUT2D eigenvalue weighted by molar-refractivity contribution is 0.617. The Hall–Kier alpha value is -1.73. The van der Waals surface area contributed by atoms with Gasteiger partial charge in [-0.3, -0.25) is 4.57 Å². The zero-order chi connectivity index (χ0) is 18.5. The minimum absolute atomic E-state index is 0.319. The van der Waals surface area contributed by atoms with Gasteiger partial charge < -0.3 is 11.1 Å². The Labute approximate surface area is 165 Å². The van der Waals surface area contributed by atoms with Gasteiger partial charge in [-0.15, -0.1) is 0 Å². The van der Waals surface area contributed by atoms with E-state index in [1.807, 2.05) is 35.0 Å². The topological polar surface area (TPSA) is 55.9 Å². The molecule has 26 heavy (non-hydrogen) atoms. The third kappa shape index (κ3) is 4.51. The van der Waals surface area contributed by atoms with E-state index in [-0.39, 0.29) is 5.82 Å². The van der Waals surface area contributed by atoms with E-state index in [1.54, 1.807) is 12.1 Å². The van der Waals surface area contributed by atoms with Gasteiger partial charge in [0.15, 0.2) is 0 Å². The highest BCUT2D eigenvalue weighted by Gasteiger charge is 2.13. The lowest BCUT2D eigenvalue weighted by Crippen LogP contribution is -2.15. The lowest BCUT2D eigenvalue weighted by atomic mass is 10.2. The van der Waals surface area contributed by atoms with Crippen molar-refractivity contribution in [1.82, 2.24) is 9.55 Å². The highest BCUT2D eigenvalue weighted by molar-refractivity contribution is 7.98. The van der Waals surface area contributed by atoms with Gasteiger partial charge in [-0.25, -0.2) is 9.37 Å². The fraction of sp³-hybridized carbons (Fsp3) is 0.167. The number of benzene rings is 2. The van der Waals surface area contributed by atoms with E-state index >= 15 is 0 Å². The first-order valence-corrected chi connectivity index (χ1v) is 9.67. The average molecular weight is 411 g/mol. The maximum Gasteiger partial charge on any atom is 0.208 e. The molecule has 8 heteroatoms. The molecule has 0 radical (unpaired) electrons. The maximum atomic E-state index is 13.9. The SMILES string of the molecule is NCCNc1nc(SCc2c(F)cccc2Cl)cn1-c1cccc(Cl)c1. The first-order valence-electron chi connectivity index (χ1n) is 7.93. The molecule has 2 aromatic carbocycles.